The topological polar surface area (TPSA) is 33.2 Å². The normalized spacial score (nSPS) is 19.0. The zero-order valence-corrected chi connectivity index (χ0v) is 13.9. The van der Waals surface area contributed by atoms with Crippen molar-refractivity contribution >= 4 is 23.2 Å². The molecule has 0 aromatic carbocycles. The van der Waals surface area contributed by atoms with Gasteiger partial charge in [0.15, 0.2) is 0 Å². The summed E-state index contributed by atoms with van der Waals surface area (Å²) in [4.78, 5) is 18.6. The number of hydrogen-bond acceptors (Lipinski definition) is 2. The van der Waals surface area contributed by atoms with Gasteiger partial charge in [0.1, 0.15) is 5.88 Å². The standard InChI is InChI=1S/C18H21ClN2O/c1-18(2)12-21(16(22)10-19)15-9-14(11-20-17(15)18)8-13-6-4-3-5-7-13/h3-4,6,9,11H,5,7-8,10,12H2,1-2H3. The molecular formula is C18H21ClN2O. The van der Waals surface area contributed by atoms with Crippen LogP contribution >= 0.6 is 11.6 Å². The number of aromatic nitrogens is 1. The lowest BCUT2D eigenvalue weighted by Gasteiger charge is -2.19. The molecule has 1 aliphatic carbocycles. The number of amides is 1. The average Bonchev–Trinajstić information content (AvgIpc) is 2.79. The third kappa shape index (κ3) is 2.82. The molecule has 0 bridgehead atoms. The predicted octanol–water partition coefficient (Wildman–Crippen LogP) is 3.76. The molecule has 4 heteroatoms. The highest BCUT2D eigenvalue weighted by molar-refractivity contribution is 6.29. The molecule has 0 N–H and O–H groups in total. The Morgan fingerprint density at radius 1 is 1.45 bits per heavy atom. The van der Waals surface area contributed by atoms with Crippen molar-refractivity contribution < 1.29 is 4.79 Å². The lowest BCUT2D eigenvalue weighted by atomic mass is 9.90. The fraction of sp³-hybridized carbons (Fsp3) is 0.444. The van der Waals surface area contributed by atoms with Gasteiger partial charge in [-0.15, -0.1) is 11.6 Å². The number of carbonyl (C=O) groups is 1. The molecule has 0 radical (unpaired) electrons. The van der Waals surface area contributed by atoms with Crippen LogP contribution in [0, 0.1) is 0 Å². The van der Waals surface area contributed by atoms with E-state index in [4.69, 9.17) is 11.6 Å². The van der Waals surface area contributed by atoms with Crippen LogP contribution < -0.4 is 4.90 Å². The summed E-state index contributed by atoms with van der Waals surface area (Å²) in [5.74, 6) is -0.0392. The second-order valence-corrected chi connectivity index (χ2v) is 6.94. The van der Waals surface area contributed by atoms with Crippen LogP contribution in [0.25, 0.3) is 0 Å². The smallest absolute Gasteiger partial charge is 0.241 e. The van der Waals surface area contributed by atoms with Crippen molar-refractivity contribution in [2.45, 2.75) is 38.5 Å². The number of nitrogens with zero attached hydrogens (tertiary/aromatic N) is 2. The minimum atomic E-state index is -0.123. The minimum Gasteiger partial charge on any atom is -0.309 e. The lowest BCUT2D eigenvalue weighted by Crippen LogP contribution is -2.34. The fourth-order valence-corrected chi connectivity index (χ4v) is 3.37. The van der Waals surface area contributed by atoms with E-state index in [1.165, 1.54) is 5.57 Å². The maximum Gasteiger partial charge on any atom is 0.241 e. The van der Waals surface area contributed by atoms with Gasteiger partial charge in [-0.3, -0.25) is 9.78 Å². The first-order chi connectivity index (χ1) is 10.5. The summed E-state index contributed by atoms with van der Waals surface area (Å²) < 4.78 is 0. The van der Waals surface area contributed by atoms with Crippen molar-refractivity contribution in [3.63, 3.8) is 0 Å². The van der Waals surface area contributed by atoms with Gasteiger partial charge in [-0.25, -0.2) is 0 Å². The van der Waals surface area contributed by atoms with Crippen molar-refractivity contribution in [2.75, 3.05) is 17.3 Å². The van der Waals surface area contributed by atoms with Crippen molar-refractivity contribution in [1.29, 1.82) is 0 Å². The van der Waals surface area contributed by atoms with Gasteiger partial charge in [-0.1, -0.05) is 37.6 Å². The number of rotatable bonds is 3. The molecule has 3 rings (SSSR count). The van der Waals surface area contributed by atoms with Gasteiger partial charge in [0.2, 0.25) is 5.91 Å². The van der Waals surface area contributed by atoms with Gasteiger partial charge in [-0.2, -0.15) is 0 Å². The van der Waals surface area contributed by atoms with Gasteiger partial charge in [0, 0.05) is 18.2 Å². The van der Waals surface area contributed by atoms with Crippen molar-refractivity contribution in [1.82, 2.24) is 4.98 Å². The van der Waals surface area contributed by atoms with Gasteiger partial charge >= 0.3 is 0 Å². The van der Waals surface area contributed by atoms with Gasteiger partial charge < -0.3 is 4.90 Å². The van der Waals surface area contributed by atoms with E-state index in [9.17, 15) is 4.79 Å². The van der Waals surface area contributed by atoms with Crippen LogP contribution in [0.1, 0.15) is 37.9 Å². The molecule has 1 aliphatic heterocycles. The first-order valence-electron chi connectivity index (χ1n) is 7.71. The largest absolute Gasteiger partial charge is 0.309 e. The summed E-state index contributed by atoms with van der Waals surface area (Å²) in [6.45, 7) is 4.89. The molecule has 116 valence electrons. The molecule has 3 nitrogen and oxygen atoms in total. The summed E-state index contributed by atoms with van der Waals surface area (Å²) in [7, 11) is 0. The zero-order valence-electron chi connectivity index (χ0n) is 13.1. The van der Waals surface area contributed by atoms with E-state index in [-0.39, 0.29) is 17.2 Å². The van der Waals surface area contributed by atoms with Crippen LogP contribution in [-0.2, 0) is 16.6 Å². The number of halogens is 1. The van der Waals surface area contributed by atoms with Gasteiger partial charge in [0.05, 0.1) is 11.4 Å². The highest BCUT2D eigenvalue weighted by atomic mass is 35.5. The van der Waals surface area contributed by atoms with E-state index in [2.05, 4.69) is 43.1 Å². The Hall–Kier alpha value is -1.61. The average molecular weight is 317 g/mol. The van der Waals surface area contributed by atoms with Gasteiger partial charge in [-0.05, 0) is 30.9 Å². The Balaban J connectivity index is 1.92. The summed E-state index contributed by atoms with van der Waals surface area (Å²) in [6.07, 6.45) is 11.5. The summed E-state index contributed by atoms with van der Waals surface area (Å²) in [6, 6.07) is 2.11. The van der Waals surface area contributed by atoms with E-state index < -0.39 is 0 Å². The molecule has 1 aromatic heterocycles. The van der Waals surface area contributed by atoms with Crippen LogP contribution in [-0.4, -0.2) is 23.3 Å². The number of hydrogen-bond donors (Lipinski definition) is 0. The summed E-state index contributed by atoms with van der Waals surface area (Å²) in [5.41, 5.74) is 4.37. The molecule has 2 heterocycles. The Labute approximate surface area is 136 Å². The first-order valence-corrected chi connectivity index (χ1v) is 8.25. The Bertz CT molecular complexity index is 661. The molecule has 2 aliphatic rings. The first kappa shape index (κ1) is 15.3. The quantitative estimate of drug-likeness (QED) is 0.795. The number of fused-ring (bicyclic) bond motifs is 1. The van der Waals surface area contributed by atoms with Crippen LogP contribution in [0.2, 0.25) is 0 Å². The maximum atomic E-state index is 12.1. The maximum absolute atomic E-state index is 12.1. The molecule has 0 spiro atoms. The molecule has 22 heavy (non-hydrogen) atoms. The second kappa shape index (κ2) is 5.88. The lowest BCUT2D eigenvalue weighted by molar-refractivity contribution is -0.116. The van der Waals surface area contributed by atoms with Crippen LogP contribution in [0.15, 0.2) is 36.1 Å². The Kier molecular flexibility index (Phi) is 4.09. The highest BCUT2D eigenvalue weighted by Gasteiger charge is 2.39. The number of allylic oxidation sites excluding steroid dienone is 4. The Morgan fingerprint density at radius 2 is 2.27 bits per heavy atom. The molecule has 0 unspecified atom stereocenters. The Morgan fingerprint density at radius 3 is 2.95 bits per heavy atom. The van der Waals surface area contributed by atoms with E-state index in [0.29, 0.717) is 6.54 Å². The molecule has 0 saturated carbocycles. The molecule has 1 aromatic rings. The van der Waals surface area contributed by atoms with Crippen LogP contribution in [0.3, 0.4) is 0 Å². The van der Waals surface area contributed by atoms with E-state index in [1.807, 2.05) is 6.20 Å². The minimum absolute atomic E-state index is 0.00962. The zero-order chi connectivity index (χ0) is 15.7. The summed E-state index contributed by atoms with van der Waals surface area (Å²) >= 11 is 5.76. The predicted molar refractivity (Wildman–Crippen MR) is 90.5 cm³/mol. The van der Waals surface area contributed by atoms with Crippen molar-refractivity contribution in [3.8, 4) is 0 Å². The third-order valence-corrected chi connectivity index (χ3v) is 4.58. The molecule has 1 amide bonds. The number of pyridine rings is 1. The molecule has 0 atom stereocenters. The number of alkyl halides is 1. The number of anilines is 1. The van der Waals surface area contributed by atoms with E-state index >= 15 is 0 Å². The van der Waals surface area contributed by atoms with Crippen LogP contribution in [0.4, 0.5) is 5.69 Å². The highest BCUT2D eigenvalue weighted by Crippen LogP contribution is 2.39. The summed E-state index contributed by atoms with van der Waals surface area (Å²) in [5, 5.41) is 0. The van der Waals surface area contributed by atoms with E-state index in [0.717, 1.165) is 36.2 Å². The van der Waals surface area contributed by atoms with Gasteiger partial charge in [0.25, 0.3) is 0 Å². The van der Waals surface area contributed by atoms with Crippen LogP contribution in [0.5, 0.6) is 0 Å². The molecule has 0 saturated heterocycles. The molecular weight excluding hydrogens is 296 g/mol. The van der Waals surface area contributed by atoms with Crippen molar-refractivity contribution in [3.05, 3.63) is 47.3 Å². The molecule has 0 fully saturated rings. The number of carbonyl (C=O) groups excluding carboxylic acids is 1. The monoisotopic (exact) mass is 316 g/mol. The third-order valence-electron chi connectivity index (χ3n) is 4.36. The second-order valence-electron chi connectivity index (χ2n) is 6.68. The fourth-order valence-electron chi connectivity index (χ4n) is 3.23. The van der Waals surface area contributed by atoms with Crippen molar-refractivity contribution in [2.24, 2.45) is 0 Å². The van der Waals surface area contributed by atoms with E-state index in [1.54, 1.807) is 4.90 Å². The SMILES string of the molecule is CC1(C)CN(C(=O)CCl)c2cc(CC3=CC=CCC3)cnc21.